The summed E-state index contributed by atoms with van der Waals surface area (Å²) in [6.07, 6.45) is 2.47. The largest absolute Gasteiger partial charge is 0.461 e. The highest BCUT2D eigenvalue weighted by atomic mass is 19.1. The molecule has 3 aliphatic heterocycles. The number of nitriles is 1. The summed E-state index contributed by atoms with van der Waals surface area (Å²) >= 11 is 0. The third-order valence-electron chi connectivity index (χ3n) is 9.51. The molecule has 0 spiro atoms. The predicted octanol–water partition coefficient (Wildman–Crippen LogP) is 5.20. The average Bonchev–Trinajstić information content (AvgIpc) is 3.58. The van der Waals surface area contributed by atoms with Gasteiger partial charge in [-0.15, -0.1) is 0 Å². The second kappa shape index (κ2) is 11.9. The van der Waals surface area contributed by atoms with Crippen molar-refractivity contribution < 1.29 is 22.7 Å². The molecule has 4 aromatic rings. The van der Waals surface area contributed by atoms with Crippen molar-refractivity contribution in [2.24, 2.45) is 0 Å². The molecular formula is C34H32F3N7O2. The molecule has 0 bridgehead atoms. The number of nitrogens with zero attached hydrogens (tertiary/aromatic N) is 7. The van der Waals surface area contributed by atoms with Crippen LogP contribution < -0.4 is 9.64 Å². The normalized spacial score (nSPS) is 23.1. The van der Waals surface area contributed by atoms with Crippen LogP contribution in [0.3, 0.4) is 0 Å². The van der Waals surface area contributed by atoms with Crippen molar-refractivity contribution in [3.05, 3.63) is 66.8 Å². The molecule has 3 atom stereocenters. The minimum absolute atomic E-state index is 0.00150. The van der Waals surface area contributed by atoms with E-state index in [1.165, 1.54) is 18.2 Å². The van der Waals surface area contributed by atoms with Gasteiger partial charge in [-0.25, -0.2) is 18.2 Å². The Hall–Kier alpha value is -4.76. The van der Waals surface area contributed by atoms with Gasteiger partial charge >= 0.3 is 6.01 Å². The Labute approximate surface area is 263 Å². The first-order valence-corrected chi connectivity index (χ1v) is 15.4. The number of hydrogen-bond donors (Lipinski definition) is 0. The molecular weight excluding hydrogens is 595 g/mol. The average molecular weight is 628 g/mol. The van der Waals surface area contributed by atoms with Crippen molar-refractivity contribution in [2.45, 2.75) is 43.4 Å². The SMILES string of the molecule is C=CC(=O)N1CCN(c2nc(OC[C@@]34CCCN3C[C@H](F)C4)nc3nc(-c4cccc5cccc(F)c45)c(F)cc23)C[C@@H]1CC#N. The highest BCUT2D eigenvalue weighted by Gasteiger charge is 2.49. The van der Waals surface area contributed by atoms with Crippen molar-refractivity contribution in [3.63, 3.8) is 0 Å². The number of aromatic nitrogens is 3. The number of fused-ring (bicyclic) bond motifs is 3. The van der Waals surface area contributed by atoms with Crippen LogP contribution in [-0.2, 0) is 4.79 Å². The summed E-state index contributed by atoms with van der Waals surface area (Å²) in [5.74, 6) is -1.12. The van der Waals surface area contributed by atoms with E-state index in [1.54, 1.807) is 35.2 Å². The molecule has 2 aromatic carbocycles. The Balaban J connectivity index is 1.33. The highest BCUT2D eigenvalue weighted by Crippen LogP contribution is 2.41. The number of piperazine rings is 1. The van der Waals surface area contributed by atoms with Gasteiger partial charge in [0.1, 0.15) is 35.9 Å². The number of anilines is 1. The second-order valence-electron chi connectivity index (χ2n) is 12.2. The molecule has 3 aliphatic rings. The molecule has 3 saturated heterocycles. The fourth-order valence-corrected chi connectivity index (χ4v) is 7.37. The van der Waals surface area contributed by atoms with Crippen LogP contribution in [0.25, 0.3) is 33.1 Å². The Morgan fingerprint density at radius 3 is 2.74 bits per heavy atom. The van der Waals surface area contributed by atoms with Crippen LogP contribution in [0.4, 0.5) is 19.0 Å². The highest BCUT2D eigenvalue weighted by molar-refractivity contribution is 5.98. The van der Waals surface area contributed by atoms with Crippen LogP contribution in [0.5, 0.6) is 6.01 Å². The van der Waals surface area contributed by atoms with Gasteiger partial charge in [-0.05, 0) is 43.0 Å². The molecule has 7 rings (SSSR count). The summed E-state index contributed by atoms with van der Waals surface area (Å²) in [6.45, 7) is 5.81. The summed E-state index contributed by atoms with van der Waals surface area (Å²) in [4.78, 5) is 32.1. The van der Waals surface area contributed by atoms with Gasteiger partial charge in [0.15, 0.2) is 5.65 Å². The van der Waals surface area contributed by atoms with Gasteiger partial charge in [-0.1, -0.05) is 36.9 Å². The smallest absolute Gasteiger partial charge is 0.320 e. The van der Waals surface area contributed by atoms with Crippen LogP contribution >= 0.6 is 0 Å². The topological polar surface area (TPSA) is 98.5 Å². The first kappa shape index (κ1) is 29.9. The summed E-state index contributed by atoms with van der Waals surface area (Å²) in [5.41, 5.74) is -0.0986. The zero-order valence-electron chi connectivity index (χ0n) is 25.1. The van der Waals surface area contributed by atoms with Crippen molar-refractivity contribution >= 4 is 33.5 Å². The third-order valence-corrected chi connectivity index (χ3v) is 9.51. The van der Waals surface area contributed by atoms with Gasteiger partial charge in [-0.3, -0.25) is 9.69 Å². The van der Waals surface area contributed by atoms with Crippen molar-refractivity contribution in [1.82, 2.24) is 24.8 Å². The van der Waals surface area contributed by atoms with E-state index in [4.69, 9.17) is 9.72 Å². The van der Waals surface area contributed by atoms with Gasteiger partial charge in [0.25, 0.3) is 0 Å². The van der Waals surface area contributed by atoms with Crippen LogP contribution in [-0.4, -0.2) is 87.7 Å². The van der Waals surface area contributed by atoms with Crippen LogP contribution in [0.1, 0.15) is 25.7 Å². The fraction of sp³-hybridized carbons (Fsp3) is 0.382. The van der Waals surface area contributed by atoms with E-state index in [-0.39, 0.29) is 60.3 Å². The van der Waals surface area contributed by atoms with Crippen molar-refractivity contribution in [1.29, 1.82) is 5.26 Å². The Kier molecular flexibility index (Phi) is 7.72. The maximum absolute atomic E-state index is 16.0. The van der Waals surface area contributed by atoms with E-state index < -0.39 is 29.4 Å². The molecule has 2 aromatic heterocycles. The van der Waals surface area contributed by atoms with E-state index >= 15 is 8.78 Å². The van der Waals surface area contributed by atoms with Gasteiger partial charge < -0.3 is 14.5 Å². The summed E-state index contributed by atoms with van der Waals surface area (Å²) in [5, 5.41) is 10.7. The molecule has 236 valence electrons. The van der Waals surface area contributed by atoms with Crippen molar-refractivity contribution in [3.8, 4) is 23.3 Å². The lowest BCUT2D eigenvalue weighted by molar-refractivity contribution is -0.128. The zero-order valence-corrected chi connectivity index (χ0v) is 25.1. The molecule has 12 heteroatoms. The Bertz CT molecular complexity index is 1890. The van der Waals surface area contributed by atoms with Gasteiger partial charge in [-0.2, -0.15) is 15.2 Å². The van der Waals surface area contributed by atoms with Crippen molar-refractivity contribution in [2.75, 3.05) is 44.2 Å². The van der Waals surface area contributed by atoms with E-state index in [0.717, 1.165) is 19.4 Å². The summed E-state index contributed by atoms with van der Waals surface area (Å²) in [6, 6.07) is 12.7. The molecule has 0 unspecified atom stereocenters. The number of hydrogen-bond acceptors (Lipinski definition) is 8. The number of rotatable bonds is 7. The zero-order chi connectivity index (χ0) is 32.0. The molecule has 9 nitrogen and oxygen atoms in total. The first-order chi connectivity index (χ1) is 22.3. The Morgan fingerprint density at radius 1 is 1.11 bits per heavy atom. The van der Waals surface area contributed by atoms with Crippen LogP contribution in [0.15, 0.2) is 55.1 Å². The first-order valence-electron chi connectivity index (χ1n) is 15.4. The maximum atomic E-state index is 16.0. The lowest BCUT2D eigenvalue weighted by atomic mass is 9.95. The number of halogens is 3. The number of pyridine rings is 1. The van der Waals surface area contributed by atoms with Gasteiger partial charge in [0, 0.05) is 43.5 Å². The molecule has 0 aliphatic carbocycles. The minimum atomic E-state index is -0.933. The van der Waals surface area contributed by atoms with E-state index in [2.05, 4.69) is 27.5 Å². The molecule has 1 amide bonds. The summed E-state index contributed by atoms with van der Waals surface area (Å²) in [7, 11) is 0. The van der Waals surface area contributed by atoms with E-state index in [0.29, 0.717) is 36.1 Å². The number of amides is 1. The minimum Gasteiger partial charge on any atom is -0.461 e. The fourth-order valence-electron chi connectivity index (χ4n) is 7.37. The van der Waals surface area contributed by atoms with Gasteiger partial charge in [0.05, 0.1) is 29.5 Å². The van der Waals surface area contributed by atoms with Crippen LogP contribution in [0.2, 0.25) is 0 Å². The maximum Gasteiger partial charge on any atom is 0.320 e. The van der Waals surface area contributed by atoms with Crippen LogP contribution in [0, 0.1) is 23.0 Å². The molecule has 3 fully saturated rings. The number of benzene rings is 2. The number of carbonyl (C=O) groups is 1. The predicted molar refractivity (Wildman–Crippen MR) is 167 cm³/mol. The van der Waals surface area contributed by atoms with E-state index in [1.807, 2.05) is 4.90 Å². The molecule has 0 saturated carbocycles. The number of carbonyl (C=O) groups excluding carboxylic acids is 1. The number of ether oxygens (including phenoxy) is 1. The van der Waals surface area contributed by atoms with Gasteiger partial charge in [0.2, 0.25) is 5.91 Å². The standard InChI is InChI=1S/C34H32F3N7O2/c1-2-28(45)44-15-14-42(19-23(44)10-12-38)32-25-16-27(37)30(24-8-3-6-21-7-4-9-26(36)29(21)24)39-31(25)40-33(41-32)46-20-34-11-5-13-43(34)18-22(35)17-34/h2-4,6-9,16,22-23H,1,5,10-11,13-15,17-20H2/t22-,23+,34+/m1/s1. The summed E-state index contributed by atoms with van der Waals surface area (Å²) < 4.78 is 51.8. The van der Waals surface area contributed by atoms with E-state index in [9.17, 15) is 14.4 Å². The molecule has 46 heavy (non-hydrogen) atoms. The monoisotopic (exact) mass is 627 g/mol. The molecule has 5 heterocycles. The quantitative estimate of drug-likeness (QED) is 0.258. The molecule has 0 N–H and O–H groups in total. The lowest BCUT2D eigenvalue weighted by Gasteiger charge is -2.41. The molecule has 0 radical (unpaired) electrons. The second-order valence-corrected chi connectivity index (χ2v) is 12.2. The lowest BCUT2D eigenvalue weighted by Crippen LogP contribution is -2.55. The number of alkyl halides is 1. The third kappa shape index (κ3) is 5.18. The Morgan fingerprint density at radius 2 is 1.93 bits per heavy atom.